The highest BCUT2D eigenvalue weighted by atomic mass is 19.4. The van der Waals surface area contributed by atoms with Crippen LogP contribution in [0.5, 0.6) is 0 Å². The molecule has 0 aliphatic carbocycles. The van der Waals surface area contributed by atoms with Gasteiger partial charge in [0.25, 0.3) is 0 Å². The first-order valence-electron chi connectivity index (χ1n) is 7.62. The number of nitrogens with zero attached hydrogens (tertiary/aromatic N) is 3. The Morgan fingerprint density at radius 1 is 1.04 bits per heavy atom. The molecule has 0 atom stereocenters. The lowest BCUT2D eigenvalue weighted by molar-refractivity contribution is -0.141. The summed E-state index contributed by atoms with van der Waals surface area (Å²) in [4.78, 5) is 12.2. The Labute approximate surface area is 150 Å². The Morgan fingerprint density at radius 3 is 2.11 bits per heavy atom. The van der Waals surface area contributed by atoms with Crippen molar-refractivity contribution in [3.8, 4) is 11.3 Å². The van der Waals surface area contributed by atoms with Gasteiger partial charge >= 0.3 is 6.18 Å². The maximum Gasteiger partial charge on any atom is 0.435 e. The predicted octanol–water partition coefficient (Wildman–Crippen LogP) is 4.68. The van der Waals surface area contributed by atoms with Crippen LogP contribution in [0.25, 0.3) is 11.3 Å². The quantitative estimate of drug-likeness (QED) is 0.486. The van der Waals surface area contributed by atoms with Crippen LogP contribution in [-0.2, 0) is 18.0 Å². The molecule has 9 heteroatoms. The number of alkyl halides is 3. The van der Waals surface area contributed by atoms with Crippen LogP contribution in [0.1, 0.15) is 5.69 Å². The van der Waals surface area contributed by atoms with E-state index in [1.807, 2.05) is 0 Å². The summed E-state index contributed by atoms with van der Waals surface area (Å²) in [6.45, 7) is 0. The standard InChI is InChI=1S/C18H12F5N3O/c1-25-15(9-16(24-25)18(21,22)23)11-5-7-12(8-6-11)26(10-27)17-13(19)3-2-4-14(17)20/h2-10H,1H3. The third kappa shape index (κ3) is 3.53. The number of carbonyl (C=O) groups is 1. The molecule has 3 aromatic rings. The Morgan fingerprint density at radius 2 is 1.63 bits per heavy atom. The van der Waals surface area contributed by atoms with E-state index in [4.69, 9.17) is 0 Å². The molecule has 0 aliphatic rings. The molecular formula is C18H12F5N3O. The van der Waals surface area contributed by atoms with Gasteiger partial charge in [-0.2, -0.15) is 18.3 Å². The van der Waals surface area contributed by atoms with Crippen molar-refractivity contribution in [2.45, 2.75) is 6.18 Å². The summed E-state index contributed by atoms with van der Waals surface area (Å²) < 4.78 is 67.3. The maximum absolute atomic E-state index is 13.9. The molecule has 1 amide bonds. The Kier molecular flexibility index (Phi) is 4.69. The second-order valence-electron chi connectivity index (χ2n) is 5.63. The van der Waals surface area contributed by atoms with Crippen LogP contribution in [0, 0.1) is 11.6 Å². The molecule has 27 heavy (non-hydrogen) atoms. The number of carbonyl (C=O) groups excluding carboxylic acids is 1. The van der Waals surface area contributed by atoms with Gasteiger partial charge in [0.1, 0.15) is 17.3 Å². The number of hydrogen-bond donors (Lipinski definition) is 0. The van der Waals surface area contributed by atoms with Crippen molar-refractivity contribution in [3.05, 3.63) is 65.9 Å². The molecule has 0 radical (unpaired) electrons. The number of rotatable bonds is 4. The number of halogens is 5. The van der Waals surface area contributed by atoms with Crippen LogP contribution in [-0.4, -0.2) is 16.2 Å². The first kappa shape index (κ1) is 18.6. The van der Waals surface area contributed by atoms with Crippen LogP contribution in [0.2, 0.25) is 0 Å². The molecule has 1 heterocycles. The lowest BCUT2D eigenvalue weighted by Gasteiger charge is -2.19. The molecule has 3 rings (SSSR count). The van der Waals surface area contributed by atoms with Gasteiger partial charge in [0.15, 0.2) is 5.69 Å². The van der Waals surface area contributed by atoms with E-state index in [0.29, 0.717) is 5.56 Å². The van der Waals surface area contributed by atoms with Crippen molar-refractivity contribution in [2.75, 3.05) is 4.90 Å². The van der Waals surface area contributed by atoms with E-state index < -0.39 is 29.2 Å². The lowest BCUT2D eigenvalue weighted by Crippen LogP contribution is -2.17. The van der Waals surface area contributed by atoms with E-state index in [0.717, 1.165) is 27.8 Å². The molecule has 1 aromatic heterocycles. The zero-order valence-electron chi connectivity index (χ0n) is 13.8. The zero-order chi connectivity index (χ0) is 19.8. The first-order chi connectivity index (χ1) is 12.7. The number of para-hydroxylation sites is 1. The van der Waals surface area contributed by atoms with Crippen molar-refractivity contribution < 1.29 is 26.7 Å². The van der Waals surface area contributed by atoms with Gasteiger partial charge in [-0.3, -0.25) is 14.4 Å². The van der Waals surface area contributed by atoms with Crippen molar-refractivity contribution in [3.63, 3.8) is 0 Å². The number of hydrogen-bond acceptors (Lipinski definition) is 2. The fraction of sp³-hybridized carbons (Fsp3) is 0.111. The minimum atomic E-state index is -4.58. The van der Waals surface area contributed by atoms with Gasteiger partial charge in [0, 0.05) is 12.7 Å². The fourth-order valence-corrected chi connectivity index (χ4v) is 2.63. The molecule has 0 saturated heterocycles. The Bertz CT molecular complexity index is 959. The van der Waals surface area contributed by atoms with Gasteiger partial charge in [0.2, 0.25) is 6.41 Å². The van der Waals surface area contributed by atoms with Crippen LogP contribution >= 0.6 is 0 Å². The molecule has 140 valence electrons. The average molecular weight is 381 g/mol. The Balaban J connectivity index is 1.98. The molecule has 0 spiro atoms. The Hall–Kier alpha value is -3.23. The molecule has 4 nitrogen and oxygen atoms in total. The molecule has 0 aliphatic heterocycles. The number of amides is 1. The summed E-state index contributed by atoms with van der Waals surface area (Å²) in [6.07, 6.45) is -4.32. The highest BCUT2D eigenvalue weighted by molar-refractivity contribution is 5.87. The van der Waals surface area contributed by atoms with E-state index >= 15 is 0 Å². The maximum atomic E-state index is 13.9. The fourth-order valence-electron chi connectivity index (χ4n) is 2.63. The summed E-state index contributed by atoms with van der Waals surface area (Å²) in [7, 11) is 1.37. The predicted molar refractivity (Wildman–Crippen MR) is 88.2 cm³/mol. The van der Waals surface area contributed by atoms with Crippen LogP contribution in [0.15, 0.2) is 48.5 Å². The minimum absolute atomic E-state index is 0.149. The van der Waals surface area contributed by atoms with Crippen molar-refractivity contribution >= 4 is 17.8 Å². The molecular weight excluding hydrogens is 369 g/mol. The largest absolute Gasteiger partial charge is 0.435 e. The van der Waals surface area contributed by atoms with Gasteiger partial charge in [-0.05, 0) is 35.9 Å². The van der Waals surface area contributed by atoms with Gasteiger partial charge in [0.05, 0.1) is 5.69 Å². The summed E-state index contributed by atoms with van der Waals surface area (Å²) in [5, 5.41) is 3.43. The number of benzene rings is 2. The van der Waals surface area contributed by atoms with E-state index in [9.17, 15) is 26.7 Å². The monoisotopic (exact) mass is 381 g/mol. The van der Waals surface area contributed by atoms with Gasteiger partial charge in [-0.25, -0.2) is 8.78 Å². The third-order valence-corrected chi connectivity index (χ3v) is 3.90. The minimum Gasteiger partial charge on any atom is -0.278 e. The highest BCUT2D eigenvalue weighted by Crippen LogP contribution is 2.33. The average Bonchev–Trinajstić information content (AvgIpc) is 3.01. The lowest BCUT2D eigenvalue weighted by atomic mass is 10.1. The molecule has 2 aromatic carbocycles. The zero-order valence-corrected chi connectivity index (χ0v) is 13.8. The van der Waals surface area contributed by atoms with Gasteiger partial charge in [-0.1, -0.05) is 18.2 Å². The SMILES string of the molecule is Cn1nc(C(F)(F)F)cc1-c1ccc(N(C=O)c2c(F)cccc2F)cc1. The van der Waals surface area contributed by atoms with Crippen molar-refractivity contribution in [1.82, 2.24) is 9.78 Å². The van der Waals surface area contributed by atoms with Gasteiger partial charge < -0.3 is 0 Å². The van der Waals surface area contributed by atoms with Crippen molar-refractivity contribution in [2.24, 2.45) is 7.05 Å². The topological polar surface area (TPSA) is 38.1 Å². The highest BCUT2D eigenvalue weighted by Gasteiger charge is 2.34. The number of anilines is 2. The molecule has 0 fully saturated rings. The molecule has 0 unspecified atom stereocenters. The number of aromatic nitrogens is 2. The summed E-state index contributed by atoms with van der Waals surface area (Å²) in [6, 6.07) is 9.69. The molecule has 0 N–H and O–H groups in total. The second kappa shape index (κ2) is 6.82. The normalized spacial score (nSPS) is 11.5. The summed E-state index contributed by atoms with van der Waals surface area (Å²) >= 11 is 0. The second-order valence-corrected chi connectivity index (χ2v) is 5.63. The summed E-state index contributed by atoms with van der Waals surface area (Å²) in [5.41, 5.74) is -0.837. The first-order valence-corrected chi connectivity index (χ1v) is 7.62. The molecule has 0 bridgehead atoms. The molecule has 0 saturated carbocycles. The van der Waals surface area contributed by atoms with Crippen LogP contribution < -0.4 is 4.90 Å². The van der Waals surface area contributed by atoms with Gasteiger partial charge in [-0.15, -0.1) is 0 Å². The number of aryl methyl sites for hydroxylation is 1. The van der Waals surface area contributed by atoms with E-state index in [2.05, 4.69) is 5.10 Å². The smallest absolute Gasteiger partial charge is 0.278 e. The van der Waals surface area contributed by atoms with Crippen LogP contribution in [0.3, 0.4) is 0 Å². The summed E-state index contributed by atoms with van der Waals surface area (Å²) in [5.74, 6) is -1.85. The third-order valence-electron chi connectivity index (χ3n) is 3.90. The van der Waals surface area contributed by atoms with Crippen LogP contribution in [0.4, 0.5) is 33.3 Å². The van der Waals surface area contributed by atoms with E-state index in [1.54, 1.807) is 0 Å². The van der Waals surface area contributed by atoms with E-state index in [1.165, 1.54) is 37.4 Å². The van der Waals surface area contributed by atoms with Crippen molar-refractivity contribution in [1.29, 1.82) is 0 Å². The van der Waals surface area contributed by atoms with E-state index in [-0.39, 0.29) is 17.8 Å².